The lowest BCUT2D eigenvalue weighted by molar-refractivity contribution is -0.00575. The highest BCUT2D eigenvalue weighted by molar-refractivity contribution is 5.41. The molecule has 0 saturated carbocycles. The van der Waals surface area contributed by atoms with E-state index in [2.05, 4.69) is 24.8 Å². The van der Waals surface area contributed by atoms with Gasteiger partial charge in [-0.2, -0.15) is 4.98 Å². The van der Waals surface area contributed by atoms with Gasteiger partial charge in [-0.1, -0.05) is 0 Å². The minimum Gasteiger partial charge on any atom is -0.478 e. The van der Waals surface area contributed by atoms with Crippen LogP contribution in [0.4, 0.5) is 11.9 Å². The molecule has 2 aromatic rings. The molecule has 0 unspecified atom stereocenters. The van der Waals surface area contributed by atoms with E-state index in [0.717, 1.165) is 17.0 Å². The van der Waals surface area contributed by atoms with Crippen LogP contribution in [0, 0.1) is 6.92 Å². The molecule has 0 amide bonds. The van der Waals surface area contributed by atoms with E-state index < -0.39 is 0 Å². The molecule has 156 valence electrons. The van der Waals surface area contributed by atoms with Crippen LogP contribution in [0.25, 0.3) is 0 Å². The number of aromatic nitrogens is 4. The highest BCUT2D eigenvalue weighted by Gasteiger charge is 2.27. The van der Waals surface area contributed by atoms with Gasteiger partial charge < -0.3 is 19.3 Å². The van der Waals surface area contributed by atoms with E-state index in [-0.39, 0.29) is 17.8 Å². The molecule has 4 heterocycles. The van der Waals surface area contributed by atoms with E-state index in [9.17, 15) is 4.79 Å². The first kappa shape index (κ1) is 19.6. The lowest BCUT2D eigenvalue weighted by Crippen LogP contribution is -2.47. The molecule has 2 aliphatic rings. The van der Waals surface area contributed by atoms with Crippen molar-refractivity contribution < 1.29 is 9.47 Å². The predicted molar refractivity (Wildman–Crippen MR) is 110 cm³/mol. The van der Waals surface area contributed by atoms with Crippen LogP contribution in [0.15, 0.2) is 10.9 Å². The summed E-state index contributed by atoms with van der Waals surface area (Å²) in [4.78, 5) is 33.7. The Morgan fingerprint density at radius 2 is 1.97 bits per heavy atom. The third kappa shape index (κ3) is 4.19. The van der Waals surface area contributed by atoms with Gasteiger partial charge in [0.1, 0.15) is 0 Å². The van der Waals surface area contributed by atoms with Crippen LogP contribution < -0.4 is 20.1 Å². The molecule has 9 nitrogen and oxygen atoms in total. The van der Waals surface area contributed by atoms with Gasteiger partial charge in [0.25, 0.3) is 5.56 Å². The molecule has 1 fully saturated rings. The van der Waals surface area contributed by atoms with Crippen molar-refractivity contribution in [3.63, 3.8) is 0 Å². The summed E-state index contributed by atoms with van der Waals surface area (Å²) in [6, 6.07) is 1.83. The molecule has 9 heteroatoms. The number of aromatic amines is 1. The van der Waals surface area contributed by atoms with E-state index >= 15 is 0 Å². The summed E-state index contributed by atoms with van der Waals surface area (Å²) in [7, 11) is 0. The molecular weight excluding hydrogens is 372 g/mol. The van der Waals surface area contributed by atoms with Crippen molar-refractivity contribution in [2.75, 3.05) is 36.0 Å². The average molecular weight is 400 g/mol. The predicted octanol–water partition coefficient (Wildman–Crippen LogP) is 1.44. The molecule has 1 saturated heterocycles. The van der Waals surface area contributed by atoms with Gasteiger partial charge in [0.05, 0.1) is 31.1 Å². The molecule has 4 rings (SSSR count). The smallest absolute Gasteiger partial charge is 0.255 e. The van der Waals surface area contributed by atoms with Gasteiger partial charge in [-0.25, -0.2) is 9.97 Å². The number of nitrogens with one attached hydrogen (secondary N) is 1. The first-order chi connectivity index (χ1) is 13.9. The number of aryl methyl sites for hydroxylation is 1. The molecule has 0 aliphatic carbocycles. The summed E-state index contributed by atoms with van der Waals surface area (Å²) >= 11 is 0. The second kappa shape index (κ2) is 7.98. The molecule has 1 N–H and O–H groups in total. The van der Waals surface area contributed by atoms with E-state index in [1.807, 2.05) is 33.8 Å². The van der Waals surface area contributed by atoms with Crippen LogP contribution in [-0.4, -0.2) is 58.4 Å². The fourth-order valence-corrected chi connectivity index (χ4v) is 3.99. The van der Waals surface area contributed by atoms with Crippen molar-refractivity contribution in [3.8, 4) is 5.88 Å². The first-order valence-corrected chi connectivity index (χ1v) is 10.2. The Kier molecular flexibility index (Phi) is 5.40. The molecule has 0 aromatic carbocycles. The lowest BCUT2D eigenvalue weighted by Gasteiger charge is -2.36. The Hall–Kier alpha value is -2.68. The minimum atomic E-state index is -0.0587. The standard InChI is InChI=1S/C20H28N6O3/c1-5-28-17-8-12(2)21-19(23-17)25-7-6-15-16(11-25)22-20(24-18(15)27)26-9-13(3)29-14(4)10-26/h8,13-14H,5-7,9-11H2,1-4H3,(H,22,24,27)/t13-,14-/m1/s1. The van der Waals surface area contributed by atoms with Gasteiger partial charge in [0.15, 0.2) is 0 Å². The van der Waals surface area contributed by atoms with Crippen molar-refractivity contribution in [1.82, 2.24) is 19.9 Å². The van der Waals surface area contributed by atoms with Crippen molar-refractivity contribution in [2.45, 2.75) is 52.9 Å². The van der Waals surface area contributed by atoms with Crippen LogP contribution in [0.3, 0.4) is 0 Å². The maximum absolute atomic E-state index is 12.7. The van der Waals surface area contributed by atoms with Gasteiger partial charge >= 0.3 is 0 Å². The number of morpholine rings is 1. The largest absolute Gasteiger partial charge is 0.478 e. The average Bonchev–Trinajstić information content (AvgIpc) is 2.66. The van der Waals surface area contributed by atoms with E-state index in [0.29, 0.717) is 57.0 Å². The Labute approximate surface area is 170 Å². The highest BCUT2D eigenvalue weighted by atomic mass is 16.5. The third-order valence-electron chi connectivity index (χ3n) is 5.17. The summed E-state index contributed by atoms with van der Waals surface area (Å²) in [6.07, 6.45) is 0.790. The van der Waals surface area contributed by atoms with Gasteiger partial charge in [0, 0.05) is 37.0 Å². The van der Waals surface area contributed by atoms with Crippen LogP contribution in [-0.2, 0) is 17.7 Å². The van der Waals surface area contributed by atoms with Crippen molar-refractivity contribution in [1.29, 1.82) is 0 Å². The van der Waals surface area contributed by atoms with Crippen molar-refractivity contribution >= 4 is 11.9 Å². The van der Waals surface area contributed by atoms with Gasteiger partial charge in [-0.15, -0.1) is 0 Å². The van der Waals surface area contributed by atoms with E-state index in [1.165, 1.54) is 0 Å². The molecule has 0 bridgehead atoms. The summed E-state index contributed by atoms with van der Waals surface area (Å²) in [5.41, 5.74) is 2.32. The van der Waals surface area contributed by atoms with Crippen LogP contribution >= 0.6 is 0 Å². The molecule has 0 radical (unpaired) electrons. The number of nitrogens with zero attached hydrogens (tertiary/aromatic N) is 5. The molecule has 2 atom stereocenters. The molecule has 2 aromatic heterocycles. The normalized spacial score (nSPS) is 21.8. The number of H-pyrrole nitrogens is 1. The summed E-state index contributed by atoms with van der Waals surface area (Å²) < 4.78 is 11.4. The number of fused-ring (bicyclic) bond motifs is 1. The fraction of sp³-hybridized carbons (Fsp3) is 0.600. The zero-order valence-electron chi connectivity index (χ0n) is 17.4. The van der Waals surface area contributed by atoms with Gasteiger partial charge in [-0.05, 0) is 34.1 Å². The lowest BCUT2D eigenvalue weighted by atomic mass is 10.1. The summed E-state index contributed by atoms with van der Waals surface area (Å²) in [5, 5.41) is 0. The topological polar surface area (TPSA) is 96.5 Å². The van der Waals surface area contributed by atoms with E-state index in [1.54, 1.807) is 0 Å². The molecule has 0 spiro atoms. The van der Waals surface area contributed by atoms with Crippen LogP contribution in [0.2, 0.25) is 0 Å². The Morgan fingerprint density at radius 1 is 1.21 bits per heavy atom. The second-order valence-electron chi connectivity index (χ2n) is 7.73. The molecule has 29 heavy (non-hydrogen) atoms. The third-order valence-corrected chi connectivity index (χ3v) is 5.17. The fourth-order valence-electron chi connectivity index (χ4n) is 3.99. The minimum absolute atomic E-state index is 0.0587. The van der Waals surface area contributed by atoms with Crippen molar-refractivity contribution in [3.05, 3.63) is 33.4 Å². The quantitative estimate of drug-likeness (QED) is 0.824. The maximum atomic E-state index is 12.7. The van der Waals surface area contributed by atoms with Crippen molar-refractivity contribution in [2.24, 2.45) is 0 Å². The monoisotopic (exact) mass is 400 g/mol. The van der Waals surface area contributed by atoms with Gasteiger partial charge in [-0.3, -0.25) is 9.78 Å². The highest BCUT2D eigenvalue weighted by Crippen LogP contribution is 2.23. The Morgan fingerprint density at radius 3 is 2.69 bits per heavy atom. The SMILES string of the molecule is CCOc1cc(C)nc(N2CCc3c(nc(N4C[C@@H](C)O[C@H](C)C4)[nH]c3=O)C2)n1. The van der Waals surface area contributed by atoms with Crippen LogP contribution in [0.1, 0.15) is 37.7 Å². The first-order valence-electron chi connectivity index (χ1n) is 10.2. The Bertz CT molecular complexity index is 936. The maximum Gasteiger partial charge on any atom is 0.255 e. The number of rotatable bonds is 4. The molecular formula is C20H28N6O3. The summed E-state index contributed by atoms with van der Waals surface area (Å²) in [5.74, 6) is 1.78. The zero-order chi connectivity index (χ0) is 20.5. The second-order valence-corrected chi connectivity index (χ2v) is 7.73. The number of ether oxygens (including phenoxy) is 2. The zero-order valence-corrected chi connectivity index (χ0v) is 17.4. The molecule has 2 aliphatic heterocycles. The number of hydrogen-bond donors (Lipinski definition) is 1. The van der Waals surface area contributed by atoms with E-state index in [4.69, 9.17) is 14.5 Å². The van der Waals surface area contributed by atoms with Gasteiger partial charge in [0.2, 0.25) is 17.8 Å². The number of anilines is 2. The summed E-state index contributed by atoms with van der Waals surface area (Å²) in [6.45, 7) is 11.0. The Balaban J connectivity index is 1.62. The van der Waals surface area contributed by atoms with Crippen LogP contribution in [0.5, 0.6) is 5.88 Å². The number of hydrogen-bond acceptors (Lipinski definition) is 8.